The van der Waals surface area contributed by atoms with E-state index in [2.05, 4.69) is 33.9 Å². The van der Waals surface area contributed by atoms with Crippen LogP contribution in [-0.2, 0) is 14.0 Å². The molecule has 1 aromatic rings. The highest BCUT2D eigenvalue weighted by Gasteiger charge is 2.45. The molecule has 5 heteroatoms. The van der Waals surface area contributed by atoms with Gasteiger partial charge in [-0.05, 0) is 36.5 Å². The van der Waals surface area contributed by atoms with Crippen LogP contribution in [-0.4, -0.2) is 38.7 Å². The maximum atomic E-state index is 12.8. The lowest BCUT2D eigenvalue weighted by Crippen LogP contribution is -2.49. The number of benzene rings is 1. The molecule has 0 unspecified atom stereocenters. The van der Waals surface area contributed by atoms with Crippen LogP contribution in [0.15, 0.2) is 30.3 Å². The number of carbonyl (C=O) groups is 1. The van der Waals surface area contributed by atoms with Crippen molar-refractivity contribution in [2.24, 2.45) is 5.92 Å². The molecule has 0 radical (unpaired) electrons. The number of rotatable bonds is 8. The van der Waals surface area contributed by atoms with Gasteiger partial charge in [0.1, 0.15) is 0 Å². The number of ether oxygens (including phenoxy) is 1. The van der Waals surface area contributed by atoms with Gasteiger partial charge in [0.25, 0.3) is 0 Å². The largest absolute Gasteiger partial charge is 0.464 e. The molecule has 0 aromatic heterocycles. The molecule has 4 nitrogen and oxygen atoms in total. The molecule has 25 heavy (non-hydrogen) atoms. The third-order valence-corrected chi connectivity index (χ3v) is 9.61. The first kappa shape index (κ1) is 21.9. The van der Waals surface area contributed by atoms with E-state index in [0.717, 1.165) is 5.56 Å². The predicted octanol–water partition coefficient (Wildman–Crippen LogP) is 4.35. The first-order valence-electron chi connectivity index (χ1n) is 9.05. The number of hydrogen-bond acceptors (Lipinski definition) is 4. The monoisotopic (exact) mass is 366 g/mol. The van der Waals surface area contributed by atoms with Crippen LogP contribution >= 0.6 is 0 Å². The molecule has 0 fully saturated rings. The van der Waals surface area contributed by atoms with E-state index < -0.39 is 14.4 Å². The first-order valence-corrected chi connectivity index (χ1v) is 12.0. The molecule has 0 bridgehead atoms. The average molecular weight is 367 g/mol. The topological polar surface area (TPSA) is 55.8 Å². The van der Waals surface area contributed by atoms with E-state index in [1.165, 1.54) is 0 Å². The van der Waals surface area contributed by atoms with Gasteiger partial charge in [0.2, 0.25) is 0 Å². The van der Waals surface area contributed by atoms with Crippen LogP contribution in [0.25, 0.3) is 0 Å². The second-order valence-electron chi connectivity index (χ2n) is 8.15. The molecule has 1 N–H and O–H groups in total. The normalized spacial score (nSPS) is 16.2. The molecule has 0 spiro atoms. The summed E-state index contributed by atoms with van der Waals surface area (Å²) in [5.74, 6) is -0.720. The molecule has 0 amide bonds. The summed E-state index contributed by atoms with van der Waals surface area (Å²) in [5, 5.41) is 9.76. The molecule has 1 rings (SSSR count). The second-order valence-corrected chi connectivity index (χ2v) is 12.9. The standard InChI is InChI=1S/C20H34O4Si/c1-8-23-19(22)18(24-25(6,7)20(3,4)5)17(15(2)14-21)16-12-10-9-11-13-16/h9-13,15,17-18,21H,8,14H2,1-7H3/t15-,17-,18+/m1/s1. The Labute approximate surface area is 153 Å². The Morgan fingerprint density at radius 3 is 2.20 bits per heavy atom. The number of esters is 1. The number of hydrogen-bond donors (Lipinski definition) is 1. The van der Waals surface area contributed by atoms with Crippen molar-refractivity contribution in [1.82, 2.24) is 0 Å². The van der Waals surface area contributed by atoms with Crippen molar-refractivity contribution in [1.29, 1.82) is 0 Å². The Morgan fingerprint density at radius 1 is 1.20 bits per heavy atom. The smallest absolute Gasteiger partial charge is 0.334 e. The van der Waals surface area contributed by atoms with Crippen molar-refractivity contribution in [2.75, 3.05) is 13.2 Å². The fourth-order valence-electron chi connectivity index (χ4n) is 2.58. The minimum atomic E-state index is -2.20. The fourth-order valence-corrected chi connectivity index (χ4v) is 3.81. The van der Waals surface area contributed by atoms with Gasteiger partial charge in [0, 0.05) is 12.5 Å². The van der Waals surface area contributed by atoms with E-state index in [1.807, 2.05) is 37.3 Å². The number of carbonyl (C=O) groups excluding carboxylic acids is 1. The van der Waals surface area contributed by atoms with Gasteiger partial charge in [0.05, 0.1) is 6.61 Å². The Morgan fingerprint density at radius 2 is 1.76 bits per heavy atom. The molecule has 0 saturated heterocycles. The van der Waals surface area contributed by atoms with Gasteiger partial charge in [-0.15, -0.1) is 0 Å². The van der Waals surface area contributed by atoms with Crippen LogP contribution in [0.3, 0.4) is 0 Å². The van der Waals surface area contributed by atoms with Crippen molar-refractivity contribution < 1.29 is 19.1 Å². The Balaban J connectivity index is 3.33. The van der Waals surface area contributed by atoms with E-state index in [1.54, 1.807) is 6.92 Å². The van der Waals surface area contributed by atoms with Crippen LogP contribution in [0.4, 0.5) is 0 Å². The van der Waals surface area contributed by atoms with Crippen LogP contribution in [0.5, 0.6) is 0 Å². The zero-order chi connectivity index (χ0) is 19.3. The van der Waals surface area contributed by atoms with Crippen LogP contribution < -0.4 is 0 Å². The van der Waals surface area contributed by atoms with E-state index in [0.29, 0.717) is 6.61 Å². The van der Waals surface area contributed by atoms with Gasteiger partial charge < -0.3 is 14.3 Å². The molecule has 0 aliphatic carbocycles. The van der Waals surface area contributed by atoms with Gasteiger partial charge in [-0.3, -0.25) is 0 Å². The van der Waals surface area contributed by atoms with Gasteiger partial charge in [-0.25, -0.2) is 4.79 Å². The molecular formula is C20H34O4Si. The highest BCUT2D eigenvalue weighted by molar-refractivity contribution is 6.74. The summed E-state index contributed by atoms with van der Waals surface area (Å²) in [6.45, 7) is 14.7. The molecule has 142 valence electrons. The number of aliphatic hydroxyl groups is 1. The third-order valence-electron chi connectivity index (χ3n) is 5.16. The highest BCUT2D eigenvalue weighted by atomic mass is 28.4. The summed E-state index contributed by atoms with van der Waals surface area (Å²) in [5.41, 5.74) is 0.987. The molecule has 0 aliphatic heterocycles. The maximum absolute atomic E-state index is 12.8. The molecular weight excluding hydrogens is 332 g/mol. The van der Waals surface area contributed by atoms with Crippen molar-refractivity contribution >= 4 is 14.3 Å². The lowest BCUT2D eigenvalue weighted by Gasteiger charge is -2.41. The quantitative estimate of drug-likeness (QED) is 0.549. The summed E-state index contributed by atoms with van der Waals surface area (Å²) in [4.78, 5) is 12.8. The zero-order valence-corrected chi connectivity index (χ0v) is 17.7. The zero-order valence-electron chi connectivity index (χ0n) is 16.7. The van der Waals surface area contributed by atoms with Crippen molar-refractivity contribution in [3.05, 3.63) is 35.9 Å². The molecule has 0 aliphatic rings. The van der Waals surface area contributed by atoms with Gasteiger partial charge >= 0.3 is 5.97 Å². The lowest BCUT2D eigenvalue weighted by atomic mass is 9.83. The van der Waals surface area contributed by atoms with E-state index in [9.17, 15) is 9.90 Å². The lowest BCUT2D eigenvalue weighted by molar-refractivity contribution is -0.154. The Hall–Kier alpha value is -1.17. The molecule has 3 atom stereocenters. The van der Waals surface area contributed by atoms with E-state index in [4.69, 9.17) is 9.16 Å². The molecule has 1 aromatic carbocycles. The van der Waals surface area contributed by atoms with Crippen LogP contribution in [0, 0.1) is 5.92 Å². The fraction of sp³-hybridized carbons (Fsp3) is 0.650. The number of aliphatic hydroxyl groups excluding tert-OH is 1. The van der Waals surface area contributed by atoms with Crippen LogP contribution in [0.1, 0.15) is 46.1 Å². The first-order chi connectivity index (χ1) is 11.5. The van der Waals surface area contributed by atoms with Gasteiger partial charge in [0.15, 0.2) is 14.4 Å². The Kier molecular flexibility index (Phi) is 7.84. The highest BCUT2D eigenvalue weighted by Crippen LogP contribution is 2.40. The van der Waals surface area contributed by atoms with Gasteiger partial charge in [-0.1, -0.05) is 58.0 Å². The van der Waals surface area contributed by atoms with Crippen molar-refractivity contribution in [3.8, 4) is 0 Å². The van der Waals surface area contributed by atoms with E-state index in [-0.39, 0.29) is 29.5 Å². The van der Waals surface area contributed by atoms with Crippen molar-refractivity contribution in [3.63, 3.8) is 0 Å². The van der Waals surface area contributed by atoms with Crippen LogP contribution in [0.2, 0.25) is 18.1 Å². The van der Waals surface area contributed by atoms with Gasteiger partial charge in [-0.2, -0.15) is 0 Å². The summed E-state index contributed by atoms with van der Waals surface area (Å²) >= 11 is 0. The maximum Gasteiger partial charge on any atom is 0.334 e. The second kappa shape index (κ2) is 8.97. The minimum absolute atomic E-state index is 0.0175. The molecule has 0 saturated carbocycles. The summed E-state index contributed by atoms with van der Waals surface area (Å²) in [6.07, 6.45) is -0.717. The predicted molar refractivity (Wildman–Crippen MR) is 104 cm³/mol. The third kappa shape index (κ3) is 5.66. The Bertz CT molecular complexity index is 536. The SMILES string of the molecule is CCOC(=O)[C@@H](O[Si](C)(C)C(C)(C)C)[C@@H](c1ccccc1)[C@H](C)CO. The average Bonchev–Trinajstić information content (AvgIpc) is 2.54. The minimum Gasteiger partial charge on any atom is -0.464 e. The molecule has 0 heterocycles. The van der Waals surface area contributed by atoms with Crippen molar-refractivity contribution in [2.45, 2.75) is 64.8 Å². The summed E-state index contributed by atoms with van der Waals surface area (Å²) in [7, 11) is -2.20. The summed E-state index contributed by atoms with van der Waals surface area (Å²) < 4.78 is 11.8. The van der Waals surface area contributed by atoms with E-state index >= 15 is 0 Å². The summed E-state index contributed by atoms with van der Waals surface area (Å²) in [6, 6.07) is 9.80.